The molecule has 0 aromatic rings. The van der Waals surface area contributed by atoms with Gasteiger partial charge in [-0.05, 0) is 0 Å². The van der Waals surface area contributed by atoms with Crippen molar-refractivity contribution in [3.05, 3.63) is 0 Å². The van der Waals surface area contributed by atoms with E-state index in [1.54, 1.807) is 0 Å². The van der Waals surface area contributed by atoms with E-state index in [1.165, 1.54) is 0 Å². The van der Waals surface area contributed by atoms with E-state index in [-0.39, 0.29) is 195 Å². The summed E-state index contributed by atoms with van der Waals surface area (Å²) in [6.07, 6.45) is 0. The molecule has 0 aliphatic heterocycles. The van der Waals surface area contributed by atoms with Crippen LogP contribution in [0.4, 0.5) is 0 Å². The Morgan fingerprint density at radius 2 is 0.250 bits per heavy atom. The molecule has 0 fully saturated rings. The first kappa shape index (κ1) is 62.4. The Kier molecular flexibility index (Phi) is 389. The minimum absolute atomic E-state index is 0. The number of hydrogen-bond acceptors (Lipinski definition) is 0. The van der Waals surface area contributed by atoms with Crippen LogP contribution in [0.3, 0.4) is 0 Å². The quantitative estimate of drug-likeness (QED) is 0.213. The molecular weight excluding hydrogens is 1030 g/mol. The predicted octanol–water partition coefficient (Wildman–Crippen LogP) is -6.42. The van der Waals surface area contributed by atoms with Crippen molar-refractivity contribution in [1.29, 1.82) is 0 Å². The fourth-order valence-electron chi connectivity index (χ4n) is 0. The molecule has 0 aliphatic rings. The van der Waals surface area contributed by atoms with Gasteiger partial charge in [-0.15, -0.1) is 0 Å². The summed E-state index contributed by atoms with van der Waals surface area (Å²) in [7, 11) is 0. The second-order valence-corrected chi connectivity index (χ2v) is 0. The van der Waals surface area contributed by atoms with Gasteiger partial charge in [-0.1, -0.05) is 0 Å². The van der Waals surface area contributed by atoms with Crippen molar-refractivity contribution in [3.8, 4) is 0 Å². The van der Waals surface area contributed by atoms with Crippen molar-refractivity contribution in [3.63, 3.8) is 0 Å². The summed E-state index contributed by atoms with van der Waals surface area (Å²) >= 11 is 0. The van der Waals surface area contributed by atoms with Gasteiger partial charge in [0.1, 0.15) is 0 Å². The molecule has 0 unspecified atom stereocenters. The van der Waals surface area contributed by atoms with Crippen LogP contribution in [0.15, 0.2) is 0 Å². The molecule has 0 heterocycles. The Balaban J connectivity index is 0. The average Bonchev–Trinajstić information content (AvgIpc) is 0. The molecule has 0 spiro atoms. The van der Waals surface area contributed by atoms with Gasteiger partial charge < -0.3 is 0 Å². The Morgan fingerprint density at radius 1 is 0.250 bits per heavy atom. The van der Waals surface area contributed by atoms with E-state index in [1.807, 2.05) is 0 Å². The molecular formula is H14HgSn7. The van der Waals surface area contributed by atoms with Gasteiger partial charge in [0.2, 0.25) is 0 Å². The molecule has 44 valence electrons. The Bertz CT molecular complexity index is 4.35. The fraction of sp³-hybridized carbons (Fsp3) is 0. The van der Waals surface area contributed by atoms with E-state index in [4.69, 9.17) is 0 Å². The zero-order valence-corrected chi connectivity index (χ0v) is 39.4. The van der Waals surface area contributed by atoms with Crippen molar-refractivity contribution in [2.75, 3.05) is 0 Å². The molecule has 8 heavy (non-hydrogen) atoms. The third kappa shape index (κ3) is 39.1. The summed E-state index contributed by atoms with van der Waals surface area (Å²) in [6.45, 7) is 0. The first-order valence-electron chi connectivity index (χ1n) is 0. The van der Waals surface area contributed by atoms with E-state index in [2.05, 4.69) is 0 Å². The van der Waals surface area contributed by atoms with Gasteiger partial charge in [-0.3, -0.25) is 0 Å². The van der Waals surface area contributed by atoms with Gasteiger partial charge in [-0.2, -0.15) is 0 Å². The summed E-state index contributed by atoms with van der Waals surface area (Å²) < 4.78 is 0. The number of hydrogen-bond donors (Lipinski definition) is 0. The van der Waals surface area contributed by atoms with Crippen LogP contribution in [0, 0.1) is 0 Å². The fourth-order valence-corrected chi connectivity index (χ4v) is 0. The molecule has 14 radical (unpaired) electrons. The monoisotopic (exact) mass is 1060 g/mol. The Morgan fingerprint density at radius 3 is 0.250 bits per heavy atom. The first-order valence-corrected chi connectivity index (χ1v) is 0. The normalized spacial score (nSPS) is 0. The van der Waals surface area contributed by atoms with Crippen molar-refractivity contribution >= 4 is 167 Å². The Labute approximate surface area is 190 Å². The van der Waals surface area contributed by atoms with Crippen LogP contribution < -0.4 is 0 Å². The van der Waals surface area contributed by atoms with Crippen LogP contribution in [0.2, 0.25) is 0 Å². The Hall–Kier alpha value is 6.53. The van der Waals surface area contributed by atoms with Gasteiger partial charge >= 0.3 is 167 Å². The molecule has 0 aliphatic carbocycles. The third-order valence-corrected chi connectivity index (χ3v) is 0. The maximum atomic E-state index is 0. The van der Waals surface area contributed by atoms with Crippen molar-refractivity contribution in [2.24, 2.45) is 0 Å². The van der Waals surface area contributed by atoms with E-state index in [0.29, 0.717) is 0 Å². The SMILES string of the molecule is [Hg].[SnH2].[SnH2].[SnH2].[SnH2].[SnH2].[SnH2].[SnH2]. The second-order valence-electron chi connectivity index (χ2n) is 0. The summed E-state index contributed by atoms with van der Waals surface area (Å²) in [5.74, 6) is 0. The topological polar surface area (TPSA) is 0 Å². The van der Waals surface area contributed by atoms with E-state index in [9.17, 15) is 0 Å². The van der Waals surface area contributed by atoms with Crippen LogP contribution in [-0.4, -0.2) is 167 Å². The molecule has 0 saturated heterocycles. The maximum absolute atomic E-state index is 0. The van der Waals surface area contributed by atoms with Crippen LogP contribution in [-0.2, 0) is 27.7 Å². The van der Waals surface area contributed by atoms with Crippen molar-refractivity contribution < 1.29 is 27.7 Å². The standard InChI is InChI=1S/Hg.7Sn.14H. The van der Waals surface area contributed by atoms with Crippen LogP contribution >= 0.6 is 0 Å². The number of rotatable bonds is 0. The average molecular weight is 1050 g/mol. The molecule has 0 amide bonds. The molecule has 0 aromatic heterocycles. The molecule has 0 aromatic carbocycles. The van der Waals surface area contributed by atoms with Gasteiger partial charge in [0.25, 0.3) is 0 Å². The molecule has 0 N–H and O–H groups in total. The van der Waals surface area contributed by atoms with Gasteiger partial charge in [0.05, 0.1) is 0 Å². The molecule has 0 nitrogen and oxygen atoms in total. The summed E-state index contributed by atoms with van der Waals surface area (Å²) in [5.41, 5.74) is 0. The second kappa shape index (κ2) is 49.8. The summed E-state index contributed by atoms with van der Waals surface area (Å²) in [5, 5.41) is 0. The zero-order chi connectivity index (χ0) is 0. The van der Waals surface area contributed by atoms with Crippen LogP contribution in [0.25, 0.3) is 0 Å². The van der Waals surface area contributed by atoms with E-state index < -0.39 is 0 Å². The van der Waals surface area contributed by atoms with Crippen molar-refractivity contribution in [1.82, 2.24) is 0 Å². The third-order valence-electron chi connectivity index (χ3n) is 0. The van der Waals surface area contributed by atoms with E-state index in [0.717, 1.165) is 0 Å². The van der Waals surface area contributed by atoms with Crippen molar-refractivity contribution in [2.45, 2.75) is 0 Å². The molecule has 0 atom stereocenters. The van der Waals surface area contributed by atoms with Crippen LogP contribution in [0.5, 0.6) is 0 Å². The summed E-state index contributed by atoms with van der Waals surface area (Å²) in [6, 6.07) is 0. The van der Waals surface area contributed by atoms with Gasteiger partial charge in [-0.25, -0.2) is 0 Å². The first-order chi connectivity index (χ1) is 0. The van der Waals surface area contributed by atoms with Crippen LogP contribution in [0.1, 0.15) is 0 Å². The predicted molar refractivity (Wildman–Crippen MR) is 59.8 cm³/mol. The molecule has 0 rings (SSSR count). The minimum atomic E-state index is 0. The van der Waals surface area contributed by atoms with Gasteiger partial charge in [0.15, 0.2) is 0 Å². The molecule has 0 saturated carbocycles. The summed E-state index contributed by atoms with van der Waals surface area (Å²) in [4.78, 5) is 0. The molecule has 0 bridgehead atoms. The van der Waals surface area contributed by atoms with Gasteiger partial charge in [0, 0.05) is 27.7 Å². The zero-order valence-electron chi connectivity index (χ0n) is 5.66. The molecule has 8 heteroatoms. The van der Waals surface area contributed by atoms with E-state index >= 15 is 0 Å².